The van der Waals surface area contributed by atoms with E-state index in [2.05, 4.69) is 30.4 Å². The molecule has 0 aromatic carbocycles. The van der Waals surface area contributed by atoms with E-state index >= 15 is 0 Å². The molecule has 1 saturated heterocycles. The van der Waals surface area contributed by atoms with Crippen LogP contribution in [0, 0.1) is 0 Å². The number of carbonyl (C=O) groups excluding carboxylic acids is 1. The molecule has 1 aliphatic heterocycles. The van der Waals surface area contributed by atoms with Crippen LogP contribution >= 0.6 is 37.2 Å². The predicted molar refractivity (Wildman–Crippen MR) is 115 cm³/mol. The number of halogens is 3. The quantitative estimate of drug-likeness (QED) is 0.510. The number of amides is 1. The number of hydrogen-bond donors (Lipinski definition) is 2. The monoisotopic (exact) mass is 444 g/mol. The summed E-state index contributed by atoms with van der Waals surface area (Å²) < 4.78 is 4.91. The third-order valence-corrected chi connectivity index (χ3v) is 3.95. The number of methoxy groups -OCH3 is 1. The number of carbonyl (C=O) groups is 1. The van der Waals surface area contributed by atoms with Crippen molar-refractivity contribution in [1.29, 1.82) is 0 Å². The normalized spacial score (nSPS) is 13.7. The first-order chi connectivity index (χ1) is 11.8. The molecule has 0 radical (unpaired) electrons. The Morgan fingerprint density at radius 3 is 2.41 bits per heavy atom. The number of ether oxygens (including phenoxy) is 1. The molecular weight excluding hydrogens is 415 g/mol. The highest BCUT2D eigenvalue weighted by Crippen LogP contribution is 2.09. The largest absolute Gasteiger partial charge is 0.383 e. The van der Waals surface area contributed by atoms with Gasteiger partial charge < -0.3 is 20.3 Å². The van der Waals surface area contributed by atoms with Crippen LogP contribution in [0.3, 0.4) is 0 Å². The first kappa shape index (κ1) is 28.3. The van der Waals surface area contributed by atoms with Gasteiger partial charge in [0.25, 0.3) is 0 Å². The lowest BCUT2D eigenvalue weighted by Gasteiger charge is -2.34. The number of rotatable bonds is 10. The number of anilines is 1. The fourth-order valence-corrected chi connectivity index (χ4v) is 2.60. The van der Waals surface area contributed by atoms with E-state index in [1.54, 1.807) is 19.5 Å². The van der Waals surface area contributed by atoms with E-state index in [-0.39, 0.29) is 43.1 Å². The molecule has 2 N–H and O–H groups in total. The SMILES string of the molecule is COCCNCC(=O)NCCCN1CCN(c2ncccn2)CC1.Cl.Cl.Cl. The van der Waals surface area contributed by atoms with E-state index in [4.69, 9.17) is 4.74 Å². The Morgan fingerprint density at radius 2 is 1.78 bits per heavy atom. The Bertz CT molecular complexity index is 478. The van der Waals surface area contributed by atoms with Crippen molar-refractivity contribution in [2.45, 2.75) is 6.42 Å². The molecule has 1 aromatic rings. The van der Waals surface area contributed by atoms with Crippen molar-refractivity contribution >= 4 is 49.1 Å². The maximum atomic E-state index is 11.6. The van der Waals surface area contributed by atoms with Crippen molar-refractivity contribution in [2.24, 2.45) is 0 Å². The number of nitrogens with zero attached hydrogens (tertiary/aromatic N) is 4. The van der Waals surface area contributed by atoms with E-state index in [9.17, 15) is 4.79 Å². The lowest BCUT2D eigenvalue weighted by molar-refractivity contribution is -0.120. The minimum atomic E-state index is 0. The van der Waals surface area contributed by atoms with E-state index < -0.39 is 0 Å². The summed E-state index contributed by atoms with van der Waals surface area (Å²) in [6, 6.07) is 1.83. The van der Waals surface area contributed by atoms with Gasteiger partial charge >= 0.3 is 0 Å². The summed E-state index contributed by atoms with van der Waals surface area (Å²) in [5.41, 5.74) is 0. The van der Waals surface area contributed by atoms with Gasteiger partial charge in [-0.05, 0) is 19.0 Å². The third-order valence-electron chi connectivity index (χ3n) is 3.95. The Balaban J connectivity index is 0. The molecule has 8 nitrogen and oxygen atoms in total. The first-order valence-electron chi connectivity index (χ1n) is 8.50. The molecule has 0 aliphatic carbocycles. The minimum Gasteiger partial charge on any atom is -0.383 e. The Hall–Kier alpha value is -0.900. The van der Waals surface area contributed by atoms with E-state index in [0.29, 0.717) is 26.2 Å². The van der Waals surface area contributed by atoms with Crippen LogP contribution in [-0.2, 0) is 9.53 Å². The summed E-state index contributed by atoms with van der Waals surface area (Å²) in [6.45, 7) is 7.27. The molecule has 1 aliphatic rings. The minimum absolute atomic E-state index is 0. The smallest absolute Gasteiger partial charge is 0.233 e. The molecule has 1 amide bonds. The standard InChI is InChI=1S/C16H28N6O2.3ClH/c1-24-13-7-17-14-15(23)18-6-3-8-21-9-11-22(12-10-21)16-19-4-2-5-20-16;;;/h2,4-5,17H,3,6-14H2,1H3,(H,18,23);3*1H. The van der Waals surface area contributed by atoms with Gasteiger partial charge in [0.15, 0.2) is 0 Å². The second-order valence-electron chi connectivity index (χ2n) is 5.75. The van der Waals surface area contributed by atoms with E-state index in [0.717, 1.165) is 45.1 Å². The van der Waals surface area contributed by atoms with Gasteiger partial charge in [-0.2, -0.15) is 0 Å². The first-order valence-corrected chi connectivity index (χ1v) is 8.50. The van der Waals surface area contributed by atoms with Crippen molar-refractivity contribution < 1.29 is 9.53 Å². The van der Waals surface area contributed by atoms with Gasteiger partial charge in [0.2, 0.25) is 11.9 Å². The number of hydrogen-bond acceptors (Lipinski definition) is 7. The molecule has 0 atom stereocenters. The fourth-order valence-electron chi connectivity index (χ4n) is 2.60. The summed E-state index contributed by atoms with van der Waals surface area (Å²) in [6.07, 6.45) is 4.52. The zero-order valence-electron chi connectivity index (χ0n) is 15.6. The average Bonchev–Trinajstić information content (AvgIpc) is 2.64. The molecule has 158 valence electrons. The predicted octanol–water partition coefficient (Wildman–Crippen LogP) is 0.606. The summed E-state index contributed by atoms with van der Waals surface area (Å²) in [5.74, 6) is 0.850. The topological polar surface area (TPSA) is 82.6 Å². The number of piperazine rings is 1. The highest BCUT2D eigenvalue weighted by atomic mass is 35.5. The zero-order valence-corrected chi connectivity index (χ0v) is 18.1. The van der Waals surface area contributed by atoms with Crippen molar-refractivity contribution in [2.75, 3.05) is 71.0 Å². The highest BCUT2D eigenvalue weighted by molar-refractivity contribution is 5.86. The van der Waals surface area contributed by atoms with Crippen LogP contribution in [0.2, 0.25) is 0 Å². The lowest BCUT2D eigenvalue weighted by Crippen LogP contribution is -2.47. The molecule has 1 fully saturated rings. The molecule has 0 spiro atoms. The van der Waals surface area contributed by atoms with Crippen molar-refractivity contribution in [3.05, 3.63) is 18.5 Å². The summed E-state index contributed by atoms with van der Waals surface area (Å²) in [7, 11) is 1.65. The second kappa shape index (κ2) is 17.2. The molecule has 0 unspecified atom stereocenters. The van der Waals surface area contributed by atoms with Gasteiger partial charge in [-0.25, -0.2) is 9.97 Å². The Labute approximate surface area is 180 Å². The van der Waals surface area contributed by atoms with E-state index in [1.165, 1.54) is 0 Å². The summed E-state index contributed by atoms with van der Waals surface area (Å²) in [4.78, 5) is 24.8. The average molecular weight is 446 g/mol. The van der Waals surface area contributed by atoms with Crippen LogP contribution in [0.1, 0.15) is 6.42 Å². The van der Waals surface area contributed by atoms with Crippen molar-refractivity contribution in [3.8, 4) is 0 Å². The molecular formula is C16H31Cl3N6O2. The Morgan fingerprint density at radius 1 is 1.11 bits per heavy atom. The van der Waals surface area contributed by atoms with Gasteiger partial charge in [0.05, 0.1) is 13.2 Å². The molecule has 1 aromatic heterocycles. The molecule has 2 heterocycles. The molecule has 0 bridgehead atoms. The van der Waals surface area contributed by atoms with Gasteiger partial charge in [-0.3, -0.25) is 9.69 Å². The van der Waals surface area contributed by atoms with Crippen LogP contribution in [0.15, 0.2) is 18.5 Å². The molecule has 2 rings (SSSR count). The highest BCUT2D eigenvalue weighted by Gasteiger charge is 2.18. The maximum Gasteiger partial charge on any atom is 0.233 e. The van der Waals surface area contributed by atoms with Gasteiger partial charge in [-0.1, -0.05) is 0 Å². The van der Waals surface area contributed by atoms with Crippen LogP contribution < -0.4 is 15.5 Å². The number of aromatic nitrogens is 2. The lowest BCUT2D eigenvalue weighted by atomic mass is 10.3. The molecule has 27 heavy (non-hydrogen) atoms. The van der Waals surface area contributed by atoms with Crippen LogP contribution in [0.5, 0.6) is 0 Å². The Kier molecular flexibility index (Phi) is 18.1. The van der Waals surface area contributed by atoms with Gasteiger partial charge in [0, 0.05) is 58.8 Å². The summed E-state index contributed by atoms with van der Waals surface area (Å²) in [5, 5.41) is 5.97. The van der Waals surface area contributed by atoms with Gasteiger partial charge in [0.1, 0.15) is 0 Å². The fraction of sp³-hybridized carbons (Fsp3) is 0.688. The molecule has 11 heteroatoms. The van der Waals surface area contributed by atoms with E-state index in [1.807, 2.05) is 6.07 Å². The van der Waals surface area contributed by atoms with Crippen molar-refractivity contribution in [1.82, 2.24) is 25.5 Å². The van der Waals surface area contributed by atoms with Gasteiger partial charge in [-0.15, -0.1) is 37.2 Å². The molecule has 0 saturated carbocycles. The maximum absolute atomic E-state index is 11.6. The summed E-state index contributed by atoms with van der Waals surface area (Å²) >= 11 is 0. The van der Waals surface area contributed by atoms with Crippen LogP contribution in [0.25, 0.3) is 0 Å². The third kappa shape index (κ3) is 11.5. The van der Waals surface area contributed by atoms with Crippen LogP contribution in [0.4, 0.5) is 5.95 Å². The van der Waals surface area contributed by atoms with Crippen molar-refractivity contribution in [3.63, 3.8) is 0 Å². The zero-order chi connectivity index (χ0) is 17.0. The second-order valence-corrected chi connectivity index (χ2v) is 5.75. The number of nitrogens with one attached hydrogen (secondary N) is 2. The van der Waals surface area contributed by atoms with Crippen LogP contribution in [-0.4, -0.2) is 86.8 Å².